The first kappa shape index (κ1) is 30.3. The summed E-state index contributed by atoms with van der Waals surface area (Å²) in [6, 6.07) is 12.2. The van der Waals surface area contributed by atoms with Gasteiger partial charge >= 0.3 is 12.1 Å². The van der Waals surface area contributed by atoms with E-state index in [4.69, 9.17) is 9.47 Å². The molecule has 0 spiro atoms. The maximum absolute atomic E-state index is 14.1. The third-order valence-electron chi connectivity index (χ3n) is 6.24. The van der Waals surface area contributed by atoms with Gasteiger partial charge in [-0.15, -0.1) is 0 Å². The SMILES string of the molecule is CCOC(=O)C=CCOc1ccc(-c2ccc3nc(-c4ccc(C)c(NC(=O)C(C)(C)C)c4)cn3n2)c(C(F)(F)F)c1. The molecule has 0 radical (unpaired) electrons. The van der Waals surface area contributed by atoms with E-state index in [0.717, 1.165) is 17.7 Å². The number of ether oxygens (including phenoxy) is 2. The van der Waals surface area contributed by atoms with E-state index in [-0.39, 0.29) is 36.1 Å². The van der Waals surface area contributed by atoms with Crippen molar-refractivity contribution in [3.63, 3.8) is 0 Å². The molecule has 0 aliphatic rings. The Morgan fingerprint density at radius 1 is 1.02 bits per heavy atom. The van der Waals surface area contributed by atoms with Gasteiger partial charge < -0.3 is 14.8 Å². The van der Waals surface area contributed by atoms with Gasteiger partial charge in [0.15, 0.2) is 5.65 Å². The van der Waals surface area contributed by atoms with E-state index < -0.39 is 23.1 Å². The Morgan fingerprint density at radius 2 is 1.79 bits per heavy atom. The number of imidazole rings is 1. The third-order valence-corrected chi connectivity index (χ3v) is 6.24. The van der Waals surface area contributed by atoms with E-state index >= 15 is 0 Å². The highest BCUT2D eigenvalue weighted by Gasteiger charge is 2.35. The summed E-state index contributed by atoms with van der Waals surface area (Å²) in [6.45, 7) is 9.12. The van der Waals surface area contributed by atoms with Gasteiger partial charge in [-0.3, -0.25) is 4.79 Å². The molecule has 1 amide bonds. The summed E-state index contributed by atoms with van der Waals surface area (Å²) in [7, 11) is 0. The molecule has 2 aromatic heterocycles. The standard InChI is InChI=1S/C31H31F3N4O4/c1-6-41-28(39)8-7-15-42-21-11-12-22(23(17-21)31(32,33)34)24-13-14-27-35-26(18-38(27)37-24)20-10-9-19(2)25(16-20)36-29(40)30(3,4)5/h7-14,16-18H,6,15H2,1-5H3,(H,36,40). The molecule has 11 heteroatoms. The smallest absolute Gasteiger partial charge is 0.417 e. The van der Waals surface area contributed by atoms with E-state index in [1.165, 1.54) is 28.8 Å². The van der Waals surface area contributed by atoms with Gasteiger partial charge in [0.25, 0.3) is 0 Å². The first-order chi connectivity index (χ1) is 19.8. The average molecular weight is 581 g/mol. The Morgan fingerprint density at radius 3 is 2.48 bits per heavy atom. The van der Waals surface area contributed by atoms with Crippen molar-refractivity contribution in [1.82, 2.24) is 14.6 Å². The lowest BCUT2D eigenvalue weighted by Gasteiger charge is -2.19. The molecular formula is C31H31F3N4O4. The van der Waals surface area contributed by atoms with Crippen molar-refractivity contribution < 1.29 is 32.2 Å². The molecular weight excluding hydrogens is 549 g/mol. The number of aryl methyl sites for hydroxylation is 1. The fourth-order valence-corrected chi connectivity index (χ4v) is 3.94. The van der Waals surface area contributed by atoms with Crippen molar-refractivity contribution >= 4 is 23.2 Å². The number of carbonyl (C=O) groups is 2. The minimum atomic E-state index is -4.68. The molecule has 2 aromatic carbocycles. The van der Waals surface area contributed by atoms with E-state index in [9.17, 15) is 22.8 Å². The van der Waals surface area contributed by atoms with Gasteiger partial charge in [-0.25, -0.2) is 14.3 Å². The summed E-state index contributed by atoms with van der Waals surface area (Å²) < 4.78 is 53.7. The number of nitrogens with one attached hydrogen (secondary N) is 1. The predicted molar refractivity (Wildman–Crippen MR) is 153 cm³/mol. The number of aromatic nitrogens is 3. The van der Waals surface area contributed by atoms with Gasteiger partial charge in [0.1, 0.15) is 12.4 Å². The summed E-state index contributed by atoms with van der Waals surface area (Å²) in [4.78, 5) is 28.5. The number of nitrogens with zero attached hydrogens (tertiary/aromatic N) is 3. The molecule has 0 atom stereocenters. The lowest BCUT2D eigenvalue weighted by molar-refractivity contribution is -0.138. The fourth-order valence-electron chi connectivity index (χ4n) is 3.94. The average Bonchev–Trinajstić information content (AvgIpc) is 3.35. The van der Waals surface area contributed by atoms with Gasteiger partial charge in [-0.05, 0) is 61.9 Å². The second-order valence-electron chi connectivity index (χ2n) is 10.6. The van der Waals surface area contributed by atoms with E-state index in [1.807, 2.05) is 45.9 Å². The second-order valence-corrected chi connectivity index (χ2v) is 10.6. The summed E-state index contributed by atoms with van der Waals surface area (Å²) in [5, 5.41) is 7.35. The molecule has 0 saturated carbocycles. The highest BCUT2D eigenvalue weighted by molar-refractivity contribution is 5.95. The van der Waals surface area contributed by atoms with Crippen LogP contribution in [0.3, 0.4) is 0 Å². The highest BCUT2D eigenvalue weighted by Crippen LogP contribution is 2.39. The number of anilines is 1. The number of benzene rings is 2. The van der Waals surface area contributed by atoms with Crippen LogP contribution < -0.4 is 10.1 Å². The zero-order valence-corrected chi connectivity index (χ0v) is 23.9. The predicted octanol–water partition coefficient (Wildman–Crippen LogP) is 6.87. The summed E-state index contributed by atoms with van der Waals surface area (Å²) in [5.41, 5.74) is 1.69. The Balaban J connectivity index is 1.62. The zero-order chi connectivity index (χ0) is 30.7. The van der Waals surface area contributed by atoms with Crippen molar-refractivity contribution in [2.75, 3.05) is 18.5 Å². The molecule has 0 saturated heterocycles. The van der Waals surface area contributed by atoms with E-state index in [0.29, 0.717) is 22.6 Å². The van der Waals surface area contributed by atoms with Crippen molar-refractivity contribution in [2.45, 2.75) is 40.8 Å². The van der Waals surface area contributed by atoms with Crippen molar-refractivity contribution in [1.29, 1.82) is 0 Å². The first-order valence-corrected chi connectivity index (χ1v) is 13.2. The number of halogens is 3. The van der Waals surface area contributed by atoms with Gasteiger partial charge in [0.2, 0.25) is 5.91 Å². The Kier molecular flexibility index (Phi) is 8.70. The summed E-state index contributed by atoms with van der Waals surface area (Å²) >= 11 is 0. The van der Waals surface area contributed by atoms with Crippen LogP contribution in [0.2, 0.25) is 0 Å². The van der Waals surface area contributed by atoms with Gasteiger partial charge in [0, 0.05) is 28.3 Å². The molecule has 0 fully saturated rings. The van der Waals surface area contributed by atoms with Crippen LogP contribution in [0.1, 0.15) is 38.8 Å². The van der Waals surface area contributed by atoms with Crippen LogP contribution in [0.15, 0.2) is 66.9 Å². The maximum Gasteiger partial charge on any atom is 0.417 e. The molecule has 4 rings (SSSR count). The van der Waals surface area contributed by atoms with Crippen molar-refractivity contribution in [3.8, 4) is 28.3 Å². The number of hydrogen-bond donors (Lipinski definition) is 1. The van der Waals surface area contributed by atoms with Gasteiger partial charge in [0.05, 0.1) is 29.8 Å². The van der Waals surface area contributed by atoms with Crippen LogP contribution >= 0.6 is 0 Å². The summed E-state index contributed by atoms with van der Waals surface area (Å²) in [5.74, 6) is -0.708. The van der Waals surface area contributed by atoms with Crippen LogP contribution in [0.25, 0.3) is 28.2 Å². The van der Waals surface area contributed by atoms with Crippen LogP contribution in [-0.2, 0) is 20.5 Å². The van der Waals surface area contributed by atoms with Crippen molar-refractivity contribution in [3.05, 3.63) is 78.0 Å². The number of alkyl halides is 3. The fraction of sp³-hybridized carbons (Fsp3) is 0.290. The number of rotatable bonds is 8. The molecule has 220 valence electrons. The van der Waals surface area contributed by atoms with Gasteiger partial charge in [-0.1, -0.05) is 32.9 Å². The number of fused-ring (bicyclic) bond motifs is 1. The largest absolute Gasteiger partial charge is 0.490 e. The summed E-state index contributed by atoms with van der Waals surface area (Å²) in [6.07, 6.45) is -0.539. The number of carbonyl (C=O) groups excluding carboxylic acids is 2. The van der Waals surface area contributed by atoms with Crippen LogP contribution in [0.4, 0.5) is 18.9 Å². The van der Waals surface area contributed by atoms with Crippen LogP contribution in [0.5, 0.6) is 5.75 Å². The molecule has 42 heavy (non-hydrogen) atoms. The van der Waals surface area contributed by atoms with Gasteiger partial charge in [-0.2, -0.15) is 18.3 Å². The quantitative estimate of drug-likeness (QED) is 0.181. The minimum Gasteiger partial charge on any atom is -0.490 e. The minimum absolute atomic E-state index is 0.0145. The molecule has 0 unspecified atom stereocenters. The van der Waals surface area contributed by atoms with E-state index in [2.05, 4.69) is 15.4 Å². The normalized spacial score (nSPS) is 12.1. The Labute approximate surface area is 241 Å². The first-order valence-electron chi connectivity index (χ1n) is 13.2. The third kappa shape index (κ3) is 7.15. The Bertz CT molecular complexity index is 1650. The van der Waals surface area contributed by atoms with E-state index in [1.54, 1.807) is 19.2 Å². The number of hydrogen-bond acceptors (Lipinski definition) is 6. The molecule has 2 heterocycles. The molecule has 0 aliphatic carbocycles. The number of amides is 1. The molecule has 0 bridgehead atoms. The lowest BCUT2D eigenvalue weighted by atomic mass is 9.95. The molecule has 1 N–H and O–H groups in total. The van der Waals surface area contributed by atoms with Crippen LogP contribution in [-0.4, -0.2) is 39.7 Å². The van der Waals surface area contributed by atoms with Crippen LogP contribution in [0, 0.1) is 12.3 Å². The maximum atomic E-state index is 14.1. The topological polar surface area (TPSA) is 94.8 Å². The monoisotopic (exact) mass is 580 g/mol. The Hall–Kier alpha value is -4.67. The lowest BCUT2D eigenvalue weighted by Crippen LogP contribution is -2.27. The number of esters is 1. The molecule has 4 aromatic rings. The van der Waals surface area contributed by atoms with Crippen molar-refractivity contribution in [2.24, 2.45) is 5.41 Å². The molecule has 8 nitrogen and oxygen atoms in total. The molecule has 0 aliphatic heterocycles. The zero-order valence-electron chi connectivity index (χ0n) is 23.9. The second kappa shape index (κ2) is 12.1. The highest BCUT2D eigenvalue weighted by atomic mass is 19.4.